The van der Waals surface area contributed by atoms with Crippen LogP contribution in [0.4, 0.5) is 0 Å². The van der Waals surface area contributed by atoms with Crippen LogP contribution in [0.5, 0.6) is 0 Å². The zero-order chi connectivity index (χ0) is 10.6. The molecule has 0 heterocycles. The number of nitrogens with one attached hydrogen (secondary N) is 1. The quantitative estimate of drug-likeness (QED) is 0.682. The number of hydrogen-bond donors (Lipinski definition) is 1. The van der Waals surface area contributed by atoms with Crippen molar-refractivity contribution >= 4 is 5.97 Å². The Morgan fingerprint density at radius 2 is 1.77 bits per heavy atom. The average molecular weight is 187 g/mol. The lowest BCUT2D eigenvalue weighted by Crippen LogP contribution is -2.42. The van der Waals surface area contributed by atoms with Crippen LogP contribution >= 0.6 is 0 Å². The van der Waals surface area contributed by atoms with E-state index in [2.05, 4.69) is 5.32 Å². The molecule has 3 heteroatoms. The van der Waals surface area contributed by atoms with Gasteiger partial charge < -0.3 is 10.1 Å². The molecule has 0 aromatic carbocycles. The molecule has 0 amide bonds. The maximum absolute atomic E-state index is 11.5. The molecule has 0 rings (SSSR count). The largest absolute Gasteiger partial charge is 0.459 e. The van der Waals surface area contributed by atoms with E-state index < -0.39 is 5.60 Å². The summed E-state index contributed by atoms with van der Waals surface area (Å²) in [6.45, 7) is 9.60. The summed E-state index contributed by atoms with van der Waals surface area (Å²) >= 11 is 0. The van der Waals surface area contributed by atoms with E-state index in [1.54, 1.807) is 7.05 Å². The van der Waals surface area contributed by atoms with E-state index in [1.807, 2.05) is 34.6 Å². The van der Waals surface area contributed by atoms with E-state index in [0.717, 1.165) is 0 Å². The van der Waals surface area contributed by atoms with Crippen LogP contribution in [-0.4, -0.2) is 24.7 Å². The van der Waals surface area contributed by atoms with Gasteiger partial charge in [-0.05, 0) is 33.7 Å². The van der Waals surface area contributed by atoms with Crippen LogP contribution < -0.4 is 5.32 Å². The zero-order valence-electron chi connectivity index (χ0n) is 9.47. The summed E-state index contributed by atoms with van der Waals surface area (Å²) in [6, 6.07) is -0.209. The van der Waals surface area contributed by atoms with Gasteiger partial charge in [-0.1, -0.05) is 13.8 Å². The Labute approximate surface area is 80.8 Å². The monoisotopic (exact) mass is 187 g/mol. The molecule has 0 fully saturated rings. The lowest BCUT2D eigenvalue weighted by molar-refractivity contribution is -0.158. The molecule has 0 aliphatic heterocycles. The molecule has 0 radical (unpaired) electrons. The van der Waals surface area contributed by atoms with E-state index in [9.17, 15) is 4.79 Å². The van der Waals surface area contributed by atoms with Crippen molar-refractivity contribution in [2.45, 2.75) is 46.3 Å². The number of carbonyl (C=O) groups excluding carboxylic acids is 1. The smallest absolute Gasteiger partial charge is 0.323 e. The van der Waals surface area contributed by atoms with Crippen LogP contribution in [0.1, 0.15) is 34.6 Å². The molecular weight excluding hydrogens is 166 g/mol. The molecule has 0 bridgehead atoms. The fourth-order valence-electron chi connectivity index (χ4n) is 1.09. The Hall–Kier alpha value is -0.570. The minimum absolute atomic E-state index is 0.176. The first-order chi connectivity index (χ1) is 5.78. The van der Waals surface area contributed by atoms with Gasteiger partial charge in [0.2, 0.25) is 0 Å². The molecule has 0 saturated carbocycles. The lowest BCUT2D eigenvalue weighted by atomic mass is 10.0. The molecule has 3 nitrogen and oxygen atoms in total. The van der Waals surface area contributed by atoms with Gasteiger partial charge in [0.05, 0.1) is 0 Å². The molecule has 0 unspecified atom stereocenters. The van der Waals surface area contributed by atoms with Gasteiger partial charge in [0.15, 0.2) is 0 Å². The minimum atomic E-state index is -0.402. The molecule has 0 aromatic rings. The van der Waals surface area contributed by atoms with Crippen LogP contribution in [0.3, 0.4) is 0 Å². The SMILES string of the molecule is CN[C@@H](C(=O)OC(C)(C)C)C(C)C. The first-order valence-electron chi connectivity index (χ1n) is 4.68. The Balaban J connectivity index is 4.23. The summed E-state index contributed by atoms with van der Waals surface area (Å²) in [6.07, 6.45) is 0. The third-order valence-electron chi connectivity index (χ3n) is 1.64. The van der Waals surface area contributed by atoms with Crippen molar-refractivity contribution in [1.29, 1.82) is 0 Å². The molecular formula is C10H21NO2. The van der Waals surface area contributed by atoms with Gasteiger partial charge in [-0.25, -0.2) is 0 Å². The van der Waals surface area contributed by atoms with Gasteiger partial charge in [0.1, 0.15) is 11.6 Å². The summed E-state index contributed by atoms with van der Waals surface area (Å²) < 4.78 is 5.25. The summed E-state index contributed by atoms with van der Waals surface area (Å²) in [7, 11) is 1.77. The van der Waals surface area contributed by atoms with Crippen molar-refractivity contribution in [3.05, 3.63) is 0 Å². The summed E-state index contributed by atoms with van der Waals surface area (Å²) in [5, 5.41) is 2.95. The second-order valence-corrected chi connectivity index (χ2v) is 4.54. The highest BCUT2D eigenvalue weighted by atomic mass is 16.6. The molecule has 1 N–H and O–H groups in total. The third kappa shape index (κ3) is 4.88. The van der Waals surface area contributed by atoms with Gasteiger partial charge in [0.25, 0.3) is 0 Å². The zero-order valence-corrected chi connectivity index (χ0v) is 9.47. The summed E-state index contributed by atoms with van der Waals surface area (Å²) in [4.78, 5) is 11.5. The number of carbonyl (C=O) groups is 1. The fraction of sp³-hybridized carbons (Fsp3) is 0.900. The van der Waals surface area contributed by atoms with Gasteiger partial charge in [-0.2, -0.15) is 0 Å². The van der Waals surface area contributed by atoms with E-state index in [-0.39, 0.29) is 17.9 Å². The van der Waals surface area contributed by atoms with Crippen LogP contribution in [0.2, 0.25) is 0 Å². The molecule has 78 valence electrons. The van der Waals surface area contributed by atoms with Crippen molar-refractivity contribution in [1.82, 2.24) is 5.32 Å². The van der Waals surface area contributed by atoms with Crippen LogP contribution in [0.15, 0.2) is 0 Å². The van der Waals surface area contributed by atoms with Gasteiger partial charge >= 0.3 is 5.97 Å². The summed E-state index contributed by atoms with van der Waals surface area (Å²) in [5.41, 5.74) is -0.402. The maximum Gasteiger partial charge on any atom is 0.323 e. The second kappa shape index (κ2) is 4.61. The van der Waals surface area contributed by atoms with Crippen LogP contribution in [-0.2, 0) is 9.53 Å². The van der Waals surface area contributed by atoms with Gasteiger partial charge in [-0.15, -0.1) is 0 Å². The molecule has 1 atom stereocenters. The van der Waals surface area contributed by atoms with Crippen molar-refractivity contribution in [3.63, 3.8) is 0 Å². The molecule has 0 saturated heterocycles. The first kappa shape index (κ1) is 12.4. The second-order valence-electron chi connectivity index (χ2n) is 4.54. The third-order valence-corrected chi connectivity index (χ3v) is 1.64. The highest BCUT2D eigenvalue weighted by Gasteiger charge is 2.25. The van der Waals surface area contributed by atoms with Gasteiger partial charge in [-0.3, -0.25) is 4.79 Å². The lowest BCUT2D eigenvalue weighted by Gasteiger charge is -2.25. The minimum Gasteiger partial charge on any atom is -0.459 e. The Bertz CT molecular complexity index is 170. The highest BCUT2D eigenvalue weighted by Crippen LogP contribution is 2.11. The highest BCUT2D eigenvalue weighted by molar-refractivity contribution is 5.76. The topological polar surface area (TPSA) is 38.3 Å². The Morgan fingerprint density at radius 1 is 1.31 bits per heavy atom. The van der Waals surface area contributed by atoms with E-state index in [0.29, 0.717) is 0 Å². The molecule has 0 aliphatic rings. The van der Waals surface area contributed by atoms with Crippen molar-refractivity contribution in [3.8, 4) is 0 Å². The molecule has 13 heavy (non-hydrogen) atoms. The normalized spacial score (nSPS) is 14.4. The van der Waals surface area contributed by atoms with E-state index >= 15 is 0 Å². The van der Waals surface area contributed by atoms with Crippen LogP contribution in [0.25, 0.3) is 0 Å². The molecule has 0 spiro atoms. The Morgan fingerprint density at radius 3 is 2.00 bits per heavy atom. The van der Waals surface area contributed by atoms with Crippen molar-refractivity contribution in [2.24, 2.45) is 5.92 Å². The molecule has 0 aromatic heterocycles. The number of likely N-dealkylation sites (N-methyl/N-ethyl adjacent to an activating group) is 1. The average Bonchev–Trinajstić information content (AvgIpc) is 1.82. The standard InChI is InChI=1S/C10H21NO2/c1-7(2)8(11-6)9(12)13-10(3,4)5/h7-8,11H,1-6H3/t8-/m1/s1. The number of ether oxygens (including phenoxy) is 1. The summed E-state index contributed by atoms with van der Waals surface area (Å²) in [5.74, 6) is 0.0739. The number of rotatable bonds is 3. The van der Waals surface area contributed by atoms with Crippen molar-refractivity contribution in [2.75, 3.05) is 7.05 Å². The van der Waals surface area contributed by atoms with Crippen LogP contribution in [0, 0.1) is 5.92 Å². The number of hydrogen-bond acceptors (Lipinski definition) is 3. The Kier molecular flexibility index (Phi) is 4.40. The predicted octanol–water partition coefficient (Wildman–Crippen LogP) is 1.57. The van der Waals surface area contributed by atoms with E-state index in [1.165, 1.54) is 0 Å². The van der Waals surface area contributed by atoms with Gasteiger partial charge in [0, 0.05) is 0 Å². The molecule has 0 aliphatic carbocycles. The number of esters is 1. The predicted molar refractivity (Wildman–Crippen MR) is 53.5 cm³/mol. The maximum atomic E-state index is 11.5. The fourth-order valence-corrected chi connectivity index (χ4v) is 1.09. The van der Waals surface area contributed by atoms with E-state index in [4.69, 9.17) is 4.74 Å². The van der Waals surface area contributed by atoms with Crippen molar-refractivity contribution < 1.29 is 9.53 Å². The first-order valence-corrected chi connectivity index (χ1v) is 4.68.